The predicted octanol–water partition coefficient (Wildman–Crippen LogP) is 16.7. The van der Waals surface area contributed by atoms with Gasteiger partial charge in [0.25, 0.3) is 0 Å². The van der Waals surface area contributed by atoms with Crippen LogP contribution < -0.4 is 4.90 Å². The summed E-state index contributed by atoms with van der Waals surface area (Å²) in [4.78, 5) is 2.33. The van der Waals surface area contributed by atoms with Gasteiger partial charge in [-0.15, -0.1) is 0 Å². The monoisotopic (exact) mass is 819 g/mol. The Bertz CT molecular complexity index is 3470. The molecular formula is C61H41NO2. The number of rotatable bonds is 9. The Kier molecular flexibility index (Phi) is 9.05. The zero-order chi connectivity index (χ0) is 42.5. The van der Waals surface area contributed by atoms with Crippen molar-refractivity contribution in [3.8, 4) is 22.3 Å². The van der Waals surface area contributed by atoms with Gasteiger partial charge in [0.05, 0.1) is 5.41 Å². The average molecular weight is 820 g/mol. The molecule has 0 fully saturated rings. The molecule has 0 saturated heterocycles. The topological polar surface area (TPSA) is 29.5 Å². The van der Waals surface area contributed by atoms with Crippen LogP contribution in [0.1, 0.15) is 22.3 Å². The summed E-state index contributed by atoms with van der Waals surface area (Å²) in [5.74, 6) is 0. The summed E-state index contributed by atoms with van der Waals surface area (Å²) in [5, 5.41) is 4.45. The van der Waals surface area contributed by atoms with Crippen LogP contribution in [-0.2, 0) is 5.41 Å². The zero-order valence-electron chi connectivity index (χ0n) is 34.9. The summed E-state index contributed by atoms with van der Waals surface area (Å²) in [6, 6.07) is 89.0. The molecule has 64 heavy (non-hydrogen) atoms. The Morgan fingerprint density at radius 2 is 0.625 bits per heavy atom. The van der Waals surface area contributed by atoms with Crippen LogP contribution in [-0.4, -0.2) is 0 Å². The van der Waals surface area contributed by atoms with Crippen LogP contribution in [0.2, 0.25) is 0 Å². The predicted molar refractivity (Wildman–Crippen MR) is 265 cm³/mol. The van der Waals surface area contributed by atoms with Crippen LogP contribution >= 0.6 is 0 Å². The zero-order valence-corrected chi connectivity index (χ0v) is 34.9. The van der Waals surface area contributed by atoms with E-state index in [2.05, 4.69) is 229 Å². The van der Waals surface area contributed by atoms with Crippen LogP contribution in [0.15, 0.2) is 258 Å². The molecule has 302 valence electrons. The van der Waals surface area contributed by atoms with Gasteiger partial charge in [0, 0.05) is 38.6 Å². The van der Waals surface area contributed by atoms with Crippen molar-refractivity contribution in [2.75, 3.05) is 4.90 Å². The molecule has 0 radical (unpaired) electrons. The molecule has 0 amide bonds. The first-order chi connectivity index (χ1) is 31.7. The first-order valence-corrected chi connectivity index (χ1v) is 21.8. The van der Waals surface area contributed by atoms with Gasteiger partial charge >= 0.3 is 0 Å². The SMILES string of the molecule is c1ccc(C(c2ccccc2)(c2ccccc2)c2ccc(-c3ccc(N(c4ccc(-c5ccc6c(c5)oc5ccccc56)cc4)c4ccc5oc6ccccc6c5c4)cc3)cc2)cc1. The van der Waals surface area contributed by atoms with Crippen molar-refractivity contribution in [1.82, 2.24) is 0 Å². The minimum atomic E-state index is -0.496. The summed E-state index contributed by atoms with van der Waals surface area (Å²) in [5.41, 5.74) is 15.6. The largest absolute Gasteiger partial charge is 0.456 e. The molecule has 0 aliphatic carbocycles. The van der Waals surface area contributed by atoms with Gasteiger partial charge in [0.1, 0.15) is 22.3 Å². The normalized spacial score (nSPS) is 11.8. The van der Waals surface area contributed by atoms with Crippen molar-refractivity contribution < 1.29 is 8.83 Å². The quantitative estimate of drug-likeness (QED) is 0.136. The van der Waals surface area contributed by atoms with E-state index in [1.807, 2.05) is 24.3 Å². The minimum Gasteiger partial charge on any atom is -0.456 e. The van der Waals surface area contributed by atoms with Gasteiger partial charge in [-0.05, 0) is 111 Å². The Labute approximate surface area is 371 Å². The first-order valence-electron chi connectivity index (χ1n) is 21.8. The van der Waals surface area contributed by atoms with Crippen LogP contribution in [0, 0.1) is 0 Å². The molecule has 3 nitrogen and oxygen atoms in total. The molecule has 0 spiro atoms. The number of hydrogen-bond acceptors (Lipinski definition) is 3. The van der Waals surface area contributed by atoms with E-state index in [1.54, 1.807) is 0 Å². The third kappa shape index (κ3) is 6.29. The molecule has 0 aliphatic heterocycles. The summed E-state index contributed by atoms with van der Waals surface area (Å²) in [7, 11) is 0. The highest BCUT2D eigenvalue weighted by molar-refractivity contribution is 6.07. The fourth-order valence-corrected chi connectivity index (χ4v) is 9.79. The van der Waals surface area contributed by atoms with E-state index in [0.29, 0.717) is 0 Å². The smallest absolute Gasteiger partial charge is 0.136 e. The molecule has 2 heterocycles. The third-order valence-electron chi connectivity index (χ3n) is 12.9. The van der Waals surface area contributed by atoms with Crippen LogP contribution in [0.5, 0.6) is 0 Å². The maximum absolute atomic E-state index is 6.26. The number of fused-ring (bicyclic) bond motifs is 6. The van der Waals surface area contributed by atoms with Crippen LogP contribution in [0.25, 0.3) is 66.1 Å². The number of anilines is 3. The van der Waals surface area contributed by atoms with Crippen molar-refractivity contribution in [1.29, 1.82) is 0 Å². The van der Waals surface area contributed by atoms with Crippen LogP contribution in [0.3, 0.4) is 0 Å². The van der Waals surface area contributed by atoms with E-state index >= 15 is 0 Å². The Morgan fingerprint density at radius 1 is 0.250 bits per heavy atom. The number of benzene rings is 10. The molecule has 0 bridgehead atoms. The van der Waals surface area contributed by atoms with Crippen molar-refractivity contribution in [2.24, 2.45) is 0 Å². The van der Waals surface area contributed by atoms with Gasteiger partial charge in [-0.1, -0.05) is 182 Å². The average Bonchev–Trinajstić information content (AvgIpc) is 3.94. The van der Waals surface area contributed by atoms with Gasteiger partial charge in [0.15, 0.2) is 0 Å². The van der Waals surface area contributed by atoms with Crippen LogP contribution in [0.4, 0.5) is 17.1 Å². The Morgan fingerprint density at radius 3 is 1.17 bits per heavy atom. The van der Waals surface area contributed by atoms with Crippen molar-refractivity contribution in [3.05, 3.63) is 271 Å². The highest BCUT2D eigenvalue weighted by Crippen LogP contribution is 2.46. The van der Waals surface area contributed by atoms with Crippen molar-refractivity contribution >= 4 is 60.9 Å². The van der Waals surface area contributed by atoms with E-state index in [4.69, 9.17) is 8.83 Å². The van der Waals surface area contributed by atoms with E-state index in [-0.39, 0.29) is 0 Å². The maximum atomic E-state index is 6.26. The number of hydrogen-bond donors (Lipinski definition) is 0. The van der Waals surface area contributed by atoms with Crippen molar-refractivity contribution in [3.63, 3.8) is 0 Å². The number of para-hydroxylation sites is 2. The molecule has 0 N–H and O–H groups in total. The molecule has 0 saturated carbocycles. The lowest BCUT2D eigenvalue weighted by atomic mass is 9.65. The summed E-state index contributed by atoms with van der Waals surface area (Å²) < 4.78 is 12.5. The molecule has 0 aliphatic rings. The Balaban J connectivity index is 0.925. The fourth-order valence-electron chi connectivity index (χ4n) is 9.79. The standard InChI is InChI=1S/C61H41NO2/c1-4-14-46(15-5-1)61(47-16-6-2-7-17-47,48-18-8-3-9-19-48)49-31-24-42(25-32-49)43-26-33-50(34-27-43)62(52-37-39-59-56(41-52)54-21-11-13-23-58(54)63-59)51-35-28-44(29-36-51)45-30-38-55-53-20-10-12-22-57(53)64-60(55)40-45/h1-41H. The second-order valence-corrected chi connectivity index (χ2v) is 16.4. The highest BCUT2D eigenvalue weighted by Gasteiger charge is 2.38. The third-order valence-corrected chi connectivity index (χ3v) is 12.9. The second kappa shape index (κ2) is 15.5. The van der Waals surface area contributed by atoms with Crippen molar-refractivity contribution in [2.45, 2.75) is 5.41 Å². The van der Waals surface area contributed by atoms with Gasteiger partial charge in [-0.2, -0.15) is 0 Å². The van der Waals surface area contributed by atoms with E-state index in [0.717, 1.165) is 83.2 Å². The molecule has 3 heteroatoms. The fraction of sp³-hybridized carbons (Fsp3) is 0.0164. The molecule has 12 rings (SSSR count). The van der Waals surface area contributed by atoms with E-state index in [1.165, 1.54) is 22.3 Å². The summed E-state index contributed by atoms with van der Waals surface area (Å²) in [6.07, 6.45) is 0. The number of nitrogens with zero attached hydrogens (tertiary/aromatic N) is 1. The number of furan rings is 2. The summed E-state index contributed by atoms with van der Waals surface area (Å²) >= 11 is 0. The molecule has 0 unspecified atom stereocenters. The van der Waals surface area contributed by atoms with Gasteiger partial charge in [-0.3, -0.25) is 0 Å². The molecule has 0 atom stereocenters. The lowest BCUT2D eigenvalue weighted by Gasteiger charge is -2.37. The maximum Gasteiger partial charge on any atom is 0.136 e. The molecule has 2 aromatic heterocycles. The Hall–Kier alpha value is -8.40. The first kappa shape index (κ1) is 37.4. The lowest BCUT2D eigenvalue weighted by molar-refractivity contribution is 0.668. The highest BCUT2D eigenvalue weighted by atomic mass is 16.3. The molecule has 10 aromatic carbocycles. The van der Waals surface area contributed by atoms with Gasteiger partial charge in [0.2, 0.25) is 0 Å². The van der Waals surface area contributed by atoms with E-state index < -0.39 is 5.41 Å². The molecule has 12 aromatic rings. The second-order valence-electron chi connectivity index (χ2n) is 16.4. The van der Waals surface area contributed by atoms with Gasteiger partial charge < -0.3 is 13.7 Å². The van der Waals surface area contributed by atoms with E-state index in [9.17, 15) is 0 Å². The molecular weight excluding hydrogens is 779 g/mol. The minimum absolute atomic E-state index is 0.496. The summed E-state index contributed by atoms with van der Waals surface area (Å²) in [6.45, 7) is 0. The van der Waals surface area contributed by atoms with Gasteiger partial charge in [-0.25, -0.2) is 0 Å². The lowest BCUT2D eigenvalue weighted by Crippen LogP contribution is -2.30.